The maximum atomic E-state index is 13.8. The molecule has 1 amide bonds. The topological polar surface area (TPSA) is 75.2 Å². The Hall–Kier alpha value is -1.78. The van der Waals surface area contributed by atoms with Gasteiger partial charge in [-0.3, -0.25) is 0 Å². The number of methoxy groups -OCH3 is 1. The van der Waals surface area contributed by atoms with Crippen LogP contribution in [0, 0.1) is 5.82 Å². The van der Waals surface area contributed by atoms with Crippen LogP contribution in [0.5, 0.6) is 5.75 Å². The number of benzene rings is 1. The SMILES string of the molecule is CCNC(=NCc1ccc(OC)c(F)c1)NC1CCN(C(=O)OCC)CC1.I. The molecule has 0 aromatic heterocycles. The van der Waals surface area contributed by atoms with Crippen molar-refractivity contribution in [1.82, 2.24) is 15.5 Å². The monoisotopic (exact) mass is 508 g/mol. The van der Waals surface area contributed by atoms with E-state index < -0.39 is 5.82 Å². The quantitative estimate of drug-likeness (QED) is 0.351. The Labute approximate surface area is 183 Å². The van der Waals surface area contributed by atoms with Gasteiger partial charge in [-0.15, -0.1) is 24.0 Å². The minimum absolute atomic E-state index is 0. The first-order valence-electron chi connectivity index (χ1n) is 9.36. The van der Waals surface area contributed by atoms with E-state index in [4.69, 9.17) is 9.47 Å². The first kappa shape index (κ1) is 24.3. The fourth-order valence-corrected chi connectivity index (χ4v) is 2.91. The maximum absolute atomic E-state index is 13.8. The van der Waals surface area contributed by atoms with Crippen LogP contribution >= 0.6 is 24.0 Å². The molecule has 1 aliphatic heterocycles. The Morgan fingerprint density at radius 1 is 1.32 bits per heavy atom. The molecule has 0 aliphatic carbocycles. The number of nitrogens with zero attached hydrogens (tertiary/aromatic N) is 2. The van der Waals surface area contributed by atoms with Crippen LogP contribution in [0.15, 0.2) is 23.2 Å². The van der Waals surface area contributed by atoms with Gasteiger partial charge in [0, 0.05) is 25.7 Å². The number of likely N-dealkylation sites (tertiary alicyclic amines) is 1. The average molecular weight is 508 g/mol. The van der Waals surface area contributed by atoms with E-state index in [2.05, 4.69) is 15.6 Å². The molecule has 0 spiro atoms. The van der Waals surface area contributed by atoms with Crippen molar-refractivity contribution in [2.24, 2.45) is 4.99 Å². The number of ether oxygens (including phenoxy) is 2. The Kier molecular flexibility index (Phi) is 10.9. The number of carbonyl (C=O) groups is 1. The van der Waals surface area contributed by atoms with Gasteiger partial charge in [-0.2, -0.15) is 0 Å². The van der Waals surface area contributed by atoms with Crippen LogP contribution in [-0.4, -0.2) is 56.3 Å². The summed E-state index contributed by atoms with van der Waals surface area (Å²) in [5.74, 6) is 0.513. The Balaban J connectivity index is 0.00000392. The molecule has 1 fully saturated rings. The lowest BCUT2D eigenvalue weighted by Crippen LogP contribution is -2.49. The van der Waals surface area contributed by atoms with Crippen molar-refractivity contribution in [1.29, 1.82) is 0 Å². The summed E-state index contributed by atoms with van der Waals surface area (Å²) in [6, 6.07) is 5.06. The van der Waals surface area contributed by atoms with Crippen molar-refractivity contribution in [3.05, 3.63) is 29.6 Å². The highest BCUT2D eigenvalue weighted by Gasteiger charge is 2.24. The first-order chi connectivity index (χ1) is 13.1. The third-order valence-electron chi connectivity index (χ3n) is 4.34. The van der Waals surface area contributed by atoms with Crippen LogP contribution in [0.2, 0.25) is 0 Å². The second kappa shape index (κ2) is 12.6. The molecule has 2 N–H and O–H groups in total. The molecule has 0 bridgehead atoms. The van der Waals surface area contributed by atoms with Crippen molar-refractivity contribution in [2.45, 2.75) is 39.3 Å². The highest BCUT2D eigenvalue weighted by Crippen LogP contribution is 2.18. The van der Waals surface area contributed by atoms with E-state index in [-0.39, 0.29) is 41.9 Å². The van der Waals surface area contributed by atoms with E-state index in [9.17, 15) is 9.18 Å². The predicted molar refractivity (Wildman–Crippen MR) is 118 cm³/mol. The molecule has 0 unspecified atom stereocenters. The summed E-state index contributed by atoms with van der Waals surface area (Å²) in [5, 5.41) is 6.60. The molecule has 0 atom stereocenters. The highest BCUT2D eigenvalue weighted by atomic mass is 127. The summed E-state index contributed by atoms with van der Waals surface area (Å²) in [6.07, 6.45) is 1.39. The Morgan fingerprint density at radius 2 is 2.04 bits per heavy atom. The van der Waals surface area contributed by atoms with Crippen LogP contribution < -0.4 is 15.4 Å². The normalized spacial score (nSPS) is 14.9. The number of hydrogen-bond donors (Lipinski definition) is 2. The number of aliphatic imine (C=N–C) groups is 1. The minimum Gasteiger partial charge on any atom is -0.494 e. The van der Waals surface area contributed by atoms with Crippen LogP contribution in [0.3, 0.4) is 0 Å². The zero-order valence-corrected chi connectivity index (χ0v) is 19.0. The number of piperidine rings is 1. The van der Waals surface area contributed by atoms with E-state index >= 15 is 0 Å². The van der Waals surface area contributed by atoms with E-state index in [1.54, 1.807) is 24.0 Å². The molecule has 1 aromatic carbocycles. The van der Waals surface area contributed by atoms with E-state index in [0.717, 1.165) is 24.9 Å². The van der Waals surface area contributed by atoms with Crippen molar-refractivity contribution in [2.75, 3.05) is 33.4 Å². The van der Waals surface area contributed by atoms with Crippen molar-refractivity contribution in [3.63, 3.8) is 0 Å². The summed E-state index contributed by atoms with van der Waals surface area (Å²) in [5.41, 5.74) is 0.766. The van der Waals surface area contributed by atoms with Crippen LogP contribution in [0.25, 0.3) is 0 Å². The van der Waals surface area contributed by atoms with Crippen LogP contribution in [-0.2, 0) is 11.3 Å². The second-order valence-corrected chi connectivity index (χ2v) is 6.27. The van der Waals surface area contributed by atoms with Crippen molar-refractivity contribution >= 4 is 36.0 Å². The third-order valence-corrected chi connectivity index (χ3v) is 4.34. The fraction of sp³-hybridized carbons (Fsp3) is 0.579. The Morgan fingerprint density at radius 3 is 2.61 bits per heavy atom. The molecule has 1 saturated heterocycles. The van der Waals surface area contributed by atoms with E-state index in [1.807, 2.05) is 6.92 Å². The summed E-state index contributed by atoms with van der Waals surface area (Å²) in [4.78, 5) is 18.0. The zero-order valence-electron chi connectivity index (χ0n) is 16.7. The number of guanidine groups is 1. The largest absolute Gasteiger partial charge is 0.494 e. The molecule has 2 rings (SSSR count). The standard InChI is InChI=1S/C19H29FN4O3.HI/c1-4-21-18(22-13-14-6-7-17(26-3)16(20)12-14)23-15-8-10-24(11-9-15)19(25)27-5-2;/h6-7,12,15H,4-5,8-11,13H2,1-3H3,(H2,21,22,23);1H. The number of halogens is 2. The molecule has 7 nitrogen and oxygen atoms in total. The van der Waals surface area contributed by atoms with Crippen LogP contribution in [0.1, 0.15) is 32.3 Å². The molecule has 1 heterocycles. The highest BCUT2D eigenvalue weighted by molar-refractivity contribution is 14.0. The zero-order chi connectivity index (χ0) is 19.6. The van der Waals surface area contributed by atoms with Gasteiger partial charge < -0.3 is 25.0 Å². The van der Waals surface area contributed by atoms with E-state index in [0.29, 0.717) is 32.2 Å². The van der Waals surface area contributed by atoms with Gasteiger partial charge in [-0.1, -0.05) is 6.07 Å². The minimum atomic E-state index is -0.394. The molecule has 158 valence electrons. The molecule has 0 radical (unpaired) electrons. The van der Waals surface area contributed by atoms with Gasteiger partial charge in [0.25, 0.3) is 0 Å². The lowest BCUT2D eigenvalue weighted by atomic mass is 10.1. The molecular weight excluding hydrogens is 478 g/mol. The smallest absolute Gasteiger partial charge is 0.409 e. The van der Waals surface area contributed by atoms with Crippen molar-refractivity contribution in [3.8, 4) is 5.75 Å². The molecule has 28 heavy (non-hydrogen) atoms. The lowest BCUT2D eigenvalue weighted by molar-refractivity contribution is 0.0963. The number of carbonyl (C=O) groups excluding carboxylic acids is 1. The van der Waals surface area contributed by atoms with Gasteiger partial charge in [-0.25, -0.2) is 14.2 Å². The fourth-order valence-electron chi connectivity index (χ4n) is 2.91. The first-order valence-corrected chi connectivity index (χ1v) is 9.36. The van der Waals surface area contributed by atoms with Gasteiger partial charge in [0.1, 0.15) is 0 Å². The van der Waals surface area contributed by atoms with E-state index in [1.165, 1.54) is 13.2 Å². The summed E-state index contributed by atoms with van der Waals surface area (Å²) >= 11 is 0. The summed E-state index contributed by atoms with van der Waals surface area (Å²) in [6.45, 7) is 6.58. The second-order valence-electron chi connectivity index (χ2n) is 6.27. The molecular formula is C19H30FIN4O3. The molecule has 9 heteroatoms. The third kappa shape index (κ3) is 7.33. The summed E-state index contributed by atoms with van der Waals surface area (Å²) in [7, 11) is 1.44. The van der Waals surface area contributed by atoms with Gasteiger partial charge in [0.05, 0.1) is 20.3 Å². The number of amides is 1. The number of hydrogen-bond acceptors (Lipinski definition) is 4. The predicted octanol–water partition coefficient (Wildman–Crippen LogP) is 3.13. The average Bonchev–Trinajstić information content (AvgIpc) is 2.67. The molecule has 1 aromatic rings. The Bertz CT molecular complexity index is 652. The van der Waals surface area contributed by atoms with Gasteiger partial charge in [0.2, 0.25) is 0 Å². The number of nitrogens with one attached hydrogen (secondary N) is 2. The summed E-state index contributed by atoms with van der Waals surface area (Å²) < 4.78 is 23.8. The lowest BCUT2D eigenvalue weighted by Gasteiger charge is -2.32. The van der Waals surface area contributed by atoms with Crippen LogP contribution in [0.4, 0.5) is 9.18 Å². The maximum Gasteiger partial charge on any atom is 0.409 e. The molecule has 1 aliphatic rings. The van der Waals surface area contributed by atoms with Gasteiger partial charge in [0.15, 0.2) is 17.5 Å². The van der Waals surface area contributed by atoms with Gasteiger partial charge >= 0.3 is 6.09 Å². The van der Waals surface area contributed by atoms with Gasteiger partial charge in [-0.05, 0) is 44.4 Å². The number of rotatable bonds is 6. The molecule has 0 saturated carbocycles. The van der Waals surface area contributed by atoms with Crippen molar-refractivity contribution < 1.29 is 18.7 Å².